The number of nitrogens with zero attached hydrogens (tertiary/aromatic N) is 2. The monoisotopic (exact) mass is 322 g/mol. The Hall–Kier alpha value is -0.820. The summed E-state index contributed by atoms with van der Waals surface area (Å²) < 4.78 is 7.64. The van der Waals surface area contributed by atoms with Gasteiger partial charge in [-0.25, -0.2) is 0 Å². The third-order valence-corrected chi connectivity index (χ3v) is 2.56. The maximum Gasteiger partial charge on any atom is 0.310 e. The zero-order valence-electron chi connectivity index (χ0n) is 6.95. The van der Waals surface area contributed by atoms with E-state index in [1.165, 1.54) is 3.57 Å². The summed E-state index contributed by atoms with van der Waals surface area (Å²) in [5, 5.41) is 3.78. The molecule has 0 amide bonds. The molecule has 1 N–H and O–H groups in total. The van der Waals surface area contributed by atoms with E-state index in [0.717, 1.165) is 5.69 Å². The SMILES string of the molecule is ClNc1c[n+](-c2ccc(I)cc2)no1. The largest absolute Gasteiger partial charge is 0.310 e. The summed E-state index contributed by atoms with van der Waals surface area (Å²) in [4.78, 5) is 2.35. The molecular weight excluding hydrogens is 316 g/mol. The summed E-state index contributed by atoms with van der Waals surface area (Å²) in [6.07, 6.45) is 1.66. The van der Waals surface area contributed by atoms with Crippen LogP contribution in [0, 0.1) is 3.57 Å². The molecule has 0 aliphatic carbocycles. The summed E-state index contributed by atoms with van der Waals surface area (Å²) in [5.74, 6) is 0.408. The highest BCUT2D eigenvalue weighted by atomic mass is 127. The van der Waals surface area contributed by atoms with Gasteiger partial charge in [0.15, 0.2) is 0 Å². The van der Waals surface area contributed by atoms with E-state index in [2.05, 4.69) is 32.7 Å². The van der Waals surface area contributed by atoms with Crippen LogP contribution in [0.3, 0.4) is 0 Å². The molecule has 0 saturated heterocycles. The molecule has 0 unspecified atom stereocenters. The summed E-state index contributed by atoms with van der Waals surface area (Å²) in [6, 6.07) is 7.88. The molecule has 0 radical (unpaired) electrons. The van der Waals surface area contributed by atoms with Crippen molar-refractivity contribution in [3.63, 3.8) is 0 Å². The van der Waals surface area contributed by atoms with Gasteiger partial charge in [0.1, 0.15) is 0 Å². The van der Waals surface area contributed by atoms with E-state index in [-0.39, 0.29) is 0 Å². The third-order valence-electron chi connectivity index (χ3n) is 1.65. The van der Waals surface area contributed by atoms with Crippen LogP contribution in [-0.2, 0) is 0 Å². The molecule has 2 aromatic rings. The van der Waals surface area contributed by atoms with Crippen LogP contribution in [0.2, 0.25) is 0 Å². The molecule has 14 heavy (non-hydrogen) atoms. The summed E-state index contributed by atoms with van der Waals surface area (Å²) in [5.41, 5.74) is 0.923. The van der Waals surface area contributed by atoms with Gasteiger partial charge in [0.25, 0.3) is 6.20 Å². The van der Waals surface area contributed by atoms with E-state index >= 15 is 0 Å². The van der Waals surface area contributed by atoms with Crippen LogP contribution in [0.25, 0.3) is 5.69 Å². The predicted molar refractivity (Wildman–Crippen MR) is 60.2 cm³/mol. The number of hydrogen-bond donors (Lipinski definition) is 1. The van der Waals surface area contributed by atoms with Crippen molar-refractivity contribution in [1.82, 2.24) is 5.27 Å². The van der Waals surface area contributed by atoms with Gasteiger partial charge in [-0.3, -0.25) is 9.36 Å². The molecule has 72 valence electrons. The van der Waals surface area contributed by atoms with E-state index in [4.69, 9.17) is 16.3 Å². The molecule has 0 saturated carbocycles. The highest BCUT2D eigenvalue weighted by molar-refractivity contribution is 14.1. The van der Waals surface area contributed by atoms with Gasteiger partial charge in [-0.1, -0.05) is 0 Å². The minimum absolute atomic E-state index is 0.408. The van der Waals surface area contributed by atoms with Gasteiger partial charge in [0.2, 0.25) is 11.0 Å². The standard InChI is InChI=1S/C8H6ClIN3O/c9-11-8-5-13(12-14-8)7-3-1-6(10)2-4-7/h1-5,11H/q+1. The van der Waals surface area contributed by atoms with E-state index in [1.807, 2.05) is 24.3 Å². The highest BCUT2D eigenvalue weighted by Crippen LogP contribution is 2.08. The van der Waals surface area contributed by atoms with Crippen molar-refractivity contribution >= 4 is 40.3 Å². The van der Waals surface area contributed by atoms with E-state index < -0.39 is 0 Å². The van der Waals surface area contributed by atoms with Gasteiger partial charge in [0.05, 0.1) is 0 Å². The number of halogens is 2. The van der Waals surface area contributed by atoms with Crippen molar-refractivity contribution in [3.8, 4) is 5.69 Å². The Bertz CT molecular complexity index is 428. The van der Waals surface area contributed by atoms with E-state index in [1.54, 1.807) is 10.9 Å². The molecule has 1 aromatic heterocycles. The van der Waals surface area contributed by atoms with Crippen LogP contribution in [0.4, 0.5) is 5.88 Å². The molecule has 4 nitrogen and oxygen atoms in total. The molecule has 0 bridgehead atoms. The second-order valence-corrected chi connectivity index (χ2v) is 4.02. The van der Waals surface area contributed by atoms with Crippen molar-refractivity contribution < 1.29 is 9.20 Å². The minimum Gasteiger partial charge on any atom is -0.281 e. The molecule has 0 aliphatic rings. The quantitative estimate of drug-likeness (QED) is 0.523. The van der Waals surface area contributed by atoms with Gasteiger partial charge >= 0.3 is 5.88 Å². The number of rotatable bonds is 2. The Labute approximate surface area is 99.1 Å². The Morgan fingerprint density at radius 3 is 2.64 bits per heavy atom. The maximum atomic E-state index is 5.35. The van der Waals surface area contributed by atoms with Crippen molar-refractivity contribution in [2.75, 3.05) is 4.84 Å². The van der Waals surface area contributed by atoms with Crippen molar-refractivity contribution in [1.29, 1.82) is 0 Å². The lowest BCUT2D eigenvalue weighted by molar-refractivity contribution is -0.670. The van der Waals surface area contributed by atoms with Gasteiger partial charge in [-0.15, -0.1) is 0 Å². The molecule has 0 spiro atoms. The molecular formula is C8H6ClIN3O+. The molecule has 0 aliphatic heterocycles. The molecule has 6 heteroatoms. The highest BCUT2D eigenvalue weighted by Gasteiger charge is 2.13. The van der Waals surface area contributed by atoms with Crippen molar-refractivity contribution in [2.24, 2.45) is 0 Å². The summed E-state index contributed by atoms with van der Waals surface area (Å²) in [7, 11) is 0. The first kappa shape index (κ1) is 9.72. The first-order valence-electron chi connectivity index (χ1n) is 3.81. The van der Waals surface area contributed by atoms with E-state index in [0.29, 0.717) is 5.88 Å². The van der Waals surface area contributed by atoms with Gasteiger partial charge in [-0.2, -0.15) is 0 Å². The molecule has 1 aromatic carbocycles. The zero-order chi connectivity index (χ0) is 9.97. The minimum atomic E-state index is 0.408. The first-order chi connectivity index (χ1) is 6.79. The van der Waals surface area contributed by atoms with Crippen LogP contribution in [0.5, 0.6) is 0 Å². The predicted octanol–water partition coefficient (Wildman–Crippen LogP) is 2.12. The Morgan fingerprint density at radius 2 is 2.07 bits per heavy atom. The number of nitrogens with one attached hydrogen (secondary N) is 1. The second-order valence-electron chi connectivity index (χ2n) is 2.58. The molecule has 0 atom stereocenters. The summed E-state index contributed by atoms with van der Waals surface area (Å²) >= 11 is 7.60. The zero-order valence-corrected chi connectivity index (χ0v) is 9.86. The van der Waals surface area contributed by atoms with Crippen LogP contribution < -0.4 is 9.52 Å². The van der Waals surface area contributed by atoms with Gasteiger partial charge < -0.3 is 0 Å². The van der Waals surface area contributed by atoms with Crippen LogP contribution in [-0.4, -0.2) is 5.27 Å². The normalized spacial score (nSPS) is 10.1. The number of anilines is 1. The number of benzene rings is 1. The first-order valence-corrected chi connectivity index (χ1v) is 5.26. The fourth-order valence-corrected chi connectivity index (χ4v) is 1.45. The van der Waals surface area contributed by atoms with Crippen LogP contribution >= 0.6 is 34.4 Å². The van der Waals surface area contributed by atoms with Gasteiger partial charge in [-0.05, 0) is 39.4 Å². The lowest BCUT2D eigenvalue weighted by Crippen LogP contribution is -2.31. The number of hydrogen-bond acceptors (Lipinski definition) is 3. The topological polar surface area (TPSA) is 41.9 Å². The average molecular weight is 323 g/mol. The molecule has 0 fully saturated rings. The fourth-order valence-electron chi connectivity index (χ4n) is 1.00. The van der Waals surface area contributed by atoms with Crippen LogP contribution in [0.1, 0.15) is 0 Å². The Kier molecular flexibility index (Phi) is 2.87. The Balaban J connectivity index is 2.34. The van der Waals surface area contributed by atoms with Crippen LogP contribution in [0.15, 0.2) is 35.0 Å². The lowest BCUT2D eigenvalue weighted by Gasteiger charge is -1.87. The van der Waals surface area contributed by atoms with Gasteiger partial charge in [0, 0.05) is 27.5 Å². The lowest BCUT2D eigenvalue weighted by atomic mass is 10.3. The third kappa shape index (κ3) is 1.98. The second kappa shape index (κ2) is 4.14. The summed E-state index contributed by atoms with van der Waals surface area (Å²) in [6.45, 7) is 0. The Morgan fingerprint density at radius 1 is 1.36 bits per heavy atom. The number of aromatic nitrogens is 2. The molecule has 2 rings (SSSR count). The maximum absolute atomic E-state index is 5.35. The molecule has 1 heterocycles. The smallest absolute Gasteiger partial charge is 0.281 e. The average Bonchev–Trinajstić information content (AvgIpc) is 2.67. The fraction of sp³-hybridized carbons (Fsp3) is 0. The van der Waals surface area contributed by atoms with Crippen molar-refractivity contribution in [2.45, 2.75) is 0 Å². The van der Waals surface area contributed by atoms with Crippen molar-refractivity contribution in [3.05, 3.63) is 34.0 Å². The van der Waals surface area contributed by atoms with E-state index in [9.17, 15) is 0 Å².